The minimum atomic E-state index is -0.0935. The van der Waals surface area contributed by atoms with E-state index in [-0.39, 0.29) is 42.8 Å². The summed E-state index contributed by atoms with van der Waals surface area (Å²) in [7, 11) is 0. The second-order valence-electron chi connectivity index (χ2n) is 5.58. The van der Waals surface area contributed by atoms with Crippen molar-refractivity contribution in [3.8, 4) is 0 Å². The predicted molar refractivity (Wildman–Crippen MR) is 83.3 cm³/mol. The molecule has 5 nitrogen and oxygen atoms in total. The summed E-state index contributed by atoms with van der Waals surface area (Å²) >= 11 is 0. The van der Waals surface area contributed by atoms with Gasteiger partial charge in [-0.3, -0.25) is 9.59 Å². The Morgan fingerprint density at radius 1 is 1.29 bits per heavy atom. The van der Waals surface area contributed by atoms with Crippen molar-refractivity contribution in [1.29, 1.82) is 0 Å². The first-order valence-electron chi connectivity index (χ1n) is 7.11. The van der Waals surface area contributed by atoms with Crippen molar-refractivity contribution in [2.45, 2.75) is 37.8 Å². The largest absolute Gasteiger partial charge is 0.399 e. The summed E-state index contributed by atoms with van der Waals surface area (Å²) in [5, 5.41) is 3.01. The lowest BCUT2D eigenvalue weighted by Crippen LogP contribution is -2.62. The first-order chi connectivity index (χ1) is 9.65. The van der Waals surface area contributed by atoms with Crippen molar-refractivity contribution in [1.82, 2.24) is 10.2 Å². The lowest BCUT2D eigenvalue weighted by atomic mass is 9.87. The van der Waals surface area contributed by atoms with E-state index in [4.69, 9.17) is 5.73 Å². The summed E-state index contributed by atoms with van der Waals surface area (Å²) in [6.45, 7) is 0.148. The van der Waals surface area contributed by atoms with Crippen LogP contribution in [0.1, 0.15) is 36.0 Å². The lowest BCUT2D eigenvalue weighted by Gasteiger charge is -2.44. The molecule has 21 heavy (non-hydrogen) atoms. The molecule has 3 rings (SSSR count). The van der Waals surface area contributed by atoms with Gasteiger partial charge in [-0.15, -0.1) is 12.4 Å². The van der Waals surface area contributed by atoms with E-state index in [0.717, 1.165) is 25.7 Å². The number of nitrogens with one attached hydrogen (secondary N) is 1. The van der Waals surface area contributed by atoms with Gasteiger partial charge < -0.3 is 16.0 Å². The van der Waals surface area contributed by atoms with Gasteiger partial charge in [-0.25, -0.2) is 0 Å². The van der Waals surface area contributed by atoms with Crippen LogP contribution in [0.2, 0.25) is 0 Å². The van der Waals surface area contributed by atoms with Crippen LogP contribution in [0.3, 0.4) is 0 Å². The molecule has 1 heterocycles. The molecule has 0 aromatic heterocycles. The molecule has 2 atom stereocenters. The molecule has 114 valence electrons. The second-order valence-corrected chi connectivity index (χ2v) is 5.58. The van der Waals surface area contributed by atoms with Gasteiger partial charge in [0.2, 0.25) is 5.91 Å². The monoisotopic (exact) mass is 309 g/mol. The minimum Gasteiger partial charge on any atom is -0.399 e. The Labute approximate surface area is 130 Å². The number of carbonyl (C=O) groups is 2. The number of piperazine rings is 1. The van der Waals surface area contributed by atoms with Crippen LogP contribution >= 0.6 is 12.4 Å². The van der Waals surface area contributed by atoms with E-state index in [1.807, 2.05) is 0 Å². The molecule has 1 saturated carbocycles. The molecule has 1 aromatic carbocycles. The zero-order chi connectivity index (χ0) is 14.1. The molecule has 1 aliphatic heterocycles. The van der Waals surface area contributed by atoms with Gasteiger partial charge in [-0.2, -0.15) is 0 Å². The van der Waals surface area contributed by atoms with Crippen LogP contribution in [0.4, 0.5) is 5.69 Å². The molecule has 1 saturated heterocycles. The molecule has 0 spiro atoms. The summed E-state index contributed by atoms with van der Waals surface area (Å²) in [5.41, 5.74) is 6.86. The Bertz CT molecular complexity index is 549. The number of nitrogen functional groups attached to an aromatic ring is 1. The smallest absolute Gasteiger partial charge is 0.254 e. The van der Waals surface area contributed by atoms with Crippen LogP contribution in [-0.4, -0.2) is 35.3 Å². The molecule has 1 aliphatic carbocycles. The third kappa shape index (κ3) is 3.13. The highest BCUT2D eigenvalue weighted by atomic mass is 35.5. The van der Waals surface area contributed by atoms with Crippen molar-refractivity contribution in [2.24, 2.45) is 0 Å². The Balaban J connectivity index is 0.00000161. The molecule has 3 N–H and O–H groups in total. The van der Waals surface area contributed by atoms with E-state index >= 15 is 0 Å². The fourth-order valence-corrected chi connectivity index (χ4v) is 3.24. The quantitative estimate of drug-likeness (QED) is 0.773. The molecular weight excluding hydrogens is 290 g/mol. The number of amides is 2. The van der Waals surface area contributed by atoms with Gasteiger partial charge in [0.15, 0.2) is 0 Å². The van der Waals surface area contributed by atoms with Crippen LogP contribution in [0.5, 0.6) is 0 Å². The van der Waals surface area contributed by atoms with Crippen LogP contribution in [0, 0.1) is 0 Å². The number of rotatable bonds is 1. The first kappa shape index (κ1) is 15.6. The van der Waals surface area contributed by atoms with Gasteiger partial charge in [0, 0.05) is 17.3 Å². The van der Waals surface area contributed by atoms with E-state index in [1.54, 1.807) is 29.2 Å². The number of benzene rings is 1. The standard InChI is InChI=1S/C15H19N3O2.ClH/c16-11-5-3-4-10(8-11)15(20)18-9-14(19)17-12-6-1-2-7-13(12)18;/h3-5,8,12-13H,1-2,6-7,9,16H2,(H,17,19);1H. The summed E-state index contributed by atoms with van der Waals surface area (Å²) in [6, 6.07) is 7.18. The van der Waals surface area contributed by atoms with Gasteiger partial charge in [0.25, 0.3) is 5.91 Å². The maximum atomic E-state index is 12.6. The molecule has 0 bridgehead atoms. The number of carbonyl (C=O) groups excluding carboxylic acids is 2. The molecular formula is C15H20ClN3O2. The molecule has 2 fully saturated rings. The van der Waals surface area contributed by atoms with Crippen molar-refractivity contribution < 1.29 is 9.59 Å². The first-order valence-corrected chi connectivity index (χ1v) is 7.11. The summed E-state index contributed by atoms with van der Waals surface area (Å²) in [5.74, 6) is -0.158. The molecule has 2 amide bonds. The fraction of sp³-hybridized carbons (Fsp3) is 0.467. The molecule has 1 aromatic rings. The Morgan fingerprint density at radius 2 is 2.05 bits per heavy atom. The van der Waals surface area contributed by atoms with E-state index in [2.05, 4.69) is 5.32 Å². The number of hydrogen-bond acceptors (Lipinski definition) is 3. The second kappa shape index (κ2) is 6.35. The van der Waals surface area contributed by atoms with Crippen LogP contribution in [0.25, 0.3) is 0 Å². The number of nitrogens with zero attached hydrogens (tertiary/aromatic N) is 1. The number of hydrogen-bond donors (Lipinski definition) is 2. The molecule has 2 unspecified atom stereocenters. The van der Waals surface area contributed by atoms with E-state index in [1.165, 1.54) is 0 Å². The zero-order valence-electron chi connectivity index (χ0n) is 11.7. The van der Waals surface area contributed by atoms with Gasteiger partial charge in [-0.05, 0) is 31.0 Å². The highest BCUT2D eigenvalue weighted by Gasteiger charge is 2.38. The average Bonchev–Trinajstić information content (AvgIpc) is 2.45. The van der Waals surface area contributed by atoms with Gasteiger partial charge in [0.1, 0.15) is 6.54 Å². The molecule has 2 aliphatic rings. The highest BCUT2D eigenvalue weighted by Crippen LogP contribution is 2.27. The third-order valence-electron chi connectivity index (χ3n) is 4.18. The molecule has 0 radical (unpaired) electrons. The number of fused-ring (bicyclic) bond motifs is 1. The highest BCUT2D eigenvalue weighted by molar-refractivity contribution is 5.98. The minimum absolute atomic E-state index is 0. The maximum Gasteiger partial charge on any atom is 0.254 e. The Morgan fingerprint density at radius 3 is 2.81 bits per heavy atom. The van der Waals surface area contributed by atoms with Crippen LogP contribution in [0.15, 0.2) is 24.3 Å². The zero-order valence-corrected chi connectivity index (χ0v) is 12.6. The topological polar surface area (TPSA) is 75.4 Å². The summed E-state index contributed by atoms with van der Waals surface area (Å²) in [6.07, 6.45) is 4.13. The van der Waals surface area contributed by atoms with Crippen molar-refractivity contribution in [3.05, 3.63) is 29.8 Å². The SMILES string of the molecule is Cl.Nc1cccc(C(=O)N2CC(=O)NC3CCCCC32)c1. The van der Waals surface area contributed by atoms with Crippen molar-refractivity contribution in [2.75, 3.05) is 12.3 Å². The van der Waals surface area contributed by atoms with E-state index in [9.17, 15) is 9.59 Å². The molecule has 6 heteroatoms. The Hall–Kier alpha value is -1.75. The van der Waals surface area contributed by atoms with Gasteiger partial charge in [-0.1, -0.05) is 18.9 Å². The van der Waals surface area contributed by atoms with Crippen LogP contribution in [-0.2, 0) is 4.79 Å². The normalized spacial score (nSPS) is 24.6. The number of nitrogens with two attached hydrogens (primary N) is 1. The lowest BCUT2D eigenvalue weighted by molar-refractivity contribution is -0.127. The van der Waals surface area contributed by atoms with Crippen LogP contribution < -0.4 is 11.1 Å². The third-order valence-corrected chi connectivity index (χ3v) is 4.18. The van der Waals surface area contributed by atoms with Gasteiger partial charge >= 0.3 is 0 Å². The fourth-order valence-electron chi connectivity index (χ4n) is 3.24. The van der Waals surface area contributed by atoms with Crippen molar-refractivity contribution in [3.63, 3.8) is 0 Å². The average molecular weight is 310 g/mol. The maximum absolute atomic E-state index is 12.6. The predicted octanol–water partition coefficient (Wildman–Crippen LogP) is 1.57. The Kier molecular flexibility index (Phi) is 4.73. The number of anilines is 1. The number of halogens is 1. The van der Waals surface area contributed by atoms with E-state index in [0.29, 0.717) is 11.3 Å². The summed E-state index contributed by atoms with van der Waals surface area (Å²) in [4.78, 5) is 26.2. The van der Waals surface area contributed by atoms with Gasteiger partial charge in [0.05, 0.1) is 6.04 Å². The summed E-state index contributed by atoms with van der Waals surface area (Å²) < 4.78 is 0. The van der Waals surface area contributed by atoms with E-state index < -0.39 is 0 Å². The van der Waals surface area contributed by atoms with Crippen molar-refractivity contribution >= 4 is 29.9 Å².